The molecule has 5 heteroatoms. The van der Waals surface area contributed by atoms with Gasteiger partial charge in [-0.25, -0.2) is 0 Å². The average molecular weight is 338 g/mol. The predicted molar refractivity (Wildman–Crippen MR) is 77.3 cm³/mol. The Bertz CT molecular complexity index is 220. The summed E-state index contributed by atoms with van der Waals surface area (Å²) in [7, 11) is 0. The summed E-state index contributed by atoms with van der Waals surface area (Å²) in [5.41, 5.74) is 5.49. The van der Waals surface area contributed by atoms with Gasteiger partial charge in [0.25, 0.3) is 0 Å². The lowest BCUT2D eigenvalue weighted by Gasteiger charge is -2.40. The summed E-state index contributed by atoms with van der Waals surface area (Å²) in [6.45, 7) is 4.50. The summed E-state index contributed by atoms with van der Waals surface area (Å²) < 4.78 is 0. The van der Waals surface area contributed by atoms with Crippen molar-refractivity contribution < 1.29 is 0 Å². The normalized spacial score (nSPS) is 23.9. The average Bonchev–Trinajstić information content (AvgIpc) is 2.30. The molecule has 2 saturated heterocycles. The van der Waals surface area contributed by atoms with Crippen LogP contribution in [0.2, 0.25) is 0 Å². The third kappa shape index (κ3) is 3.48. The number of hydrogen-bond donors (Lipinski definition) is 2. The first-order valence-electron chi connectivity index (χ1n) is 6.10. The first-order chi connectivity index (χ1) is 7.27. The molecule has 4 nitrogen and oxygen atoms in total. The monoisotopic (exact) mass is 338 g/mol. The zero-order valence-corrected chi connectivity index (χ0v) is 12.2. The Balaban J connectivity index is 0.00000128. The Morgan fingerprint density at radius 3 is 2.06 bits per heavy atom. The zero-order valence-electron chi connectivity index (χ0n) is 9.82. The van der Waals surface area contributed by atoms with Gasteiger partial charge in [0, 0.05) is 19.1 Å². The number of nitrogens with zero attached hydrogens (tertiary/aromatic N) is 2. The number of guanidine groups is 1. The maximum atomic E-state index is 7.39. The fourth-order valence-electron chi connectivity index (χ4n) is 2.76. The quantitative estimate of drug-likeness (QED) is 0.432. The molecule has 2 rings (SSSR count). The van der Waals surface area contributed by atoms with Crippen molar-refractivity contribution in [2.24, 2.45) is 5.73 Å². The molecule has 0 atom stereocenters. The van der Waals surface area contributed by atoms with E-state index in [-0.39, 0.29) is 29.9 Å². The predicted octanol–water partition coefficient (Wildman–Crippen LogP) is 1.45. The Morgan fingerprint density at radius 2 is 1.56 bits per heavy atom. The van der Waals surface area contributed by atoms with Gasteiger partial charge in [-0.15, -0.1) is 24.0 Å². The summed E-state index contributed by atoms with van der Waals surface area (Å²) in [4.78, 5) is 4.63. The number of halogens is 1. The van der Waals surface area contributed by atoms with Gasteiger partial charge in [0.2, 0.25) is 0 Å². The molecule has 0 amide bonds. The van der Waals surface area contributed by atoms with Crippen LogP contribution in [0, 0.1) is 5.41 Å². The number of nitrogens with two attached hydrogens (primary N) is 1. The molecule has 2 fully saturated rings. The molecule has 0 unspecified atom stereocenters. The summed E-state index contributed by atoms with van der Waals surface area (Å²) >= 11 is 0. The van der Waals surface area contributed by atoms with Gasteiger partial charge >= 0.3 is 0 Å². The van der Waals surface area contributed by atoms with Gasteiger partial charge < -0.3 is 15.5 Å². The van der Waals surface area contributed by atoms with E-state index in [0.717, 1.165) is 19.1 Å². The van der Waals surface area contributed by atoms with Gasteiger partial charge in [0.15, 0.2) is 5.96 Å². The second kappa shape index (κ2) is 6.64. The number of piperidine rings is 2. The third-order valence-electron chi connectivity index (χ3n) is 3.71. The van der Waals surface area contributed by atoms with Crippen molar-refractivity contribution >= 4 is 29.9 Å². The maximum Gasteiger partial charge on any atom is 0.188 e. The summed E-state index contributed by atoms with van der Waals surface area (Å²) in [6, 6.07) is 0.751. The van der Waals surface area contributed by atoms with Gasteiger partial charge in [-0.1, -0.05) is 6.42 Å². The number of nitrogens with one attached hydrogen (secondary N) is 1. The second-order valence-corrected chi connectivity index (χ2v) is 4.70. The van der Waals surface area contributed by atoms with Gasteiger partial charge in [-0.2, -0.15) is 0 Å². The van der Waals surface area contributed by atoms with E-state index in [4.69, 9.17) is 11.1 Å². The first-order valence-corrected chi connectivity index (χ1v) is 6.10. The fraction of sp³-hybridized carbons (Fsp3) is 0.909. The lowest BCUT2D eigenvalue weighted by molar-refractivity contribution is 0.114. The van der Waals surface area contributed by atoms with E-state index < -0.39 is 0 Å². The first kappa shape index (κ1) is 14.0. The molecule has 0 bridgehead atoms. The van der Waals surface area contributed by atoms with Crippen molar-refractivity contribution in [3.05, 3.63) is 0 Å². The highest BCUT2D eigenvalue weighted by molar-refractivity contribution is 14.0. The van der Waals surface area contributed by atoms with E-state index in [9.17, 15) is 0 Å². The van der Waals surface area contributed by atoms with Crippen molar-refractivity contribution in [1.29, 1.82) is 5.41 Å². The molecule has 0 saturated carbocycles. The van der Waals surface area contributed by atoms with Gasteiger partial charge in [0.1, 0.15) is 0 Å². The van der Waals surface area contributed by atoms with E-state index in [2.05, 4.69) is 4.90 Å². The van der Waals surface area contributed by atoms with E-state index >= 15 is 0 Å². The van der Waals surface area contributed by atoms with Crippen molar-refractivity contribution in [3.63, 3.8) is 0 Å². The Hall–Kier alpha value is -0.0400. The zero-order chi connectivity index (χ0) is 10.7. The topological polar surface area (TPSA) is 56.4 Å². The molecule has 0 aliphatic carbocycles. The van der Waals surface area contributed by atoms with E-state index in [1.54, 1.807) is 0 Å². The molecule has 16 heavy (non-hydrogen) atoms. The highest BCUT2D eigenvalue weighted by atomic mass is 127. The molecule has 0 aromatic carbocycles. The summed E-state index contributed by atoms with van der Waals surface area (Å²) in [6.07, 6.45) is 6.50. The van der Waals surface area contributed by atoms with Gasteiger partial charge in [0.05, 0.1) is 0 Å². The van der Waals surface area contributed by atoms with Crippen LogP contribution in [0.1, 0.15) is 32.1 Å². The number of rotatable bonds is 1. The molecule has 2 heterocycles. The smallest absolute Gasteiger partial charge is 0.188 e. The molecule has 0 aromatic rings. The highest BCUT2D eigenvalue weighted by Gasteiger charge is 2.25. The van der Waals surface area contributed by atoms with Crippen LogP contribution >= 0.6 is 24.0 Å². The lowest BCUT2D eigenvalue weighted by Crippen LogP contribution is -2.49. The highest BCUT2D eigenvalue weighted by Crippen LogP contribution is 2.20. The summed E-state index contributed by atoms with van der Waals surface area (Å²) in [5, 5.41) is 7.39. The van der Waals surface area contributed by atoms with Crippen molar-refractivity contribution in [2.45, 2.75) is 38.1 Å². The third-order valence-corrected chi connectivity index (χ3v) is 3.71. The Morgan fingerprint density at radius 1 is 1.00 bits per heavy atom. The molecule has 0 aromatic heterocycles. The minimum absolute atomic E-state index is 0. The molecule has 0 spiro atoms. The molecule has 0 radical (unpaired) electrons. The van der Waals surface area contributed by atoms with E-state index in [1.165, 1.54) is 45.2 Å². The number of likely N-dealkylation sites (tertiary alicyclic amines) is 2. The van der Waals surface area contributed by atoms with E-state index in [1.807, 2.05) is 4.90 Å². The van der Waals surface area contributed by atoms with Crippen LogP contribution in [0.25, 0.3) is 0 Å². The Kier molecular flexibility index (Phi) is 5.82. The molecule has 3 N–H and O–H groups in total. The minimum atomic E-state index is 0. The second-order valence-electron chi connectivity index (χ2n) is 4.70. The van der Waals surface area contributed by atoms with Crippen LogP contribution in [0.4, 0.5) is 0 Å². The van der Waals surface area contributed by atoms with Crippen LogP contribution in [0.15, 0.2) is 0 Å². The molecule has 2 aliphatic heterocycles. The summed E-state index contributed by atoms with van der Waals surface area (Å²) in [5.74, 6) is 0.243. The molecule has 2 aliphatic rings. The van der Waals surface area contributed by atoms with Crippen LogP contribution in [0.5, 0.6) is 0 Å². The van der Waals surface area contributed by atoms with Crippen molar-refractivity contribution in [2.75, 3.05) is 26.2 Å². The van der Waals surface area contributed by atoms with Gasteiger partial charge in [-0.3, -0.25) is 5.41 Å². The van der Waals surface area contributed by atoms with Crippen LogP contribution in [0.3, 0.4) is 0 Å². The standard InChI is InChI=1S/C11H22N4.HI/c12-11(13)15-8-4-10(5-9-15)14-6-2-1-3-7-14;/h10H,1-9H2,(H3,12,13);1H. The fourth-order valence-corrected chi connectivity index (χ4v) is 2.76. The van der Waals surface area contributed by atoms with Crippen LogP contribution < -0.4 is 5.73 Å². The van der Waals surface area contributed by atoms with Crippen LogP contribution in [-0.4, -0.2) is 48.0 Å². The maximum absolute atomic E-state index is 7.39. The SMILES string of the molecule is I.N=C(N)N1CCC(N2CCCCC2)CC1. The van der Waals surface area contributed by atoms with Crippen molar-refractivity contribution in [3.8, 4) is 0 Å². The lowest BCUT2D eigenvalue weighted by atomic mass is 10.0. The molecular weight excluding hydrogens is 315 g/mol. The van der Waals surface area contributed by atoms with Gasteiger partial charge in [-0.05, 0) is 38.8 Å². The molecular formula is C11H23IN4. The Labute approximate surface area is 115 Å². The van der Waals surface area contributed by atoms with E-state index in [0.29, 0.717) is 0 Å². The molecule has 94 valence electrons. The minimum Gasteiger partial charge on any atom is -0.370 e. The van der Waals surface area contributed by atoms with Crippen LogP contribution in [-0.2, 0) is 0 Å². The van der Waals surface area contributed by atoms with Crippen molar-refractivity contribution in [1.82, 2.24) is 9.80 Å². The number of hydrogen-bond acceptors (Lipinski definition) is 2. The largest absolute Gasteiger partial charge is 0.370 e.